The minimum Gasteiger partial charge on any atom is -0.491 e. The van der Waals surface area contributed by atoms with Gasteiger partial charge in [0.25, 0.3) is 0 Å². The van der Waals surface area contributed by atoms with E-state index in [-0.39, 0.29) is 23.7 Å². The lowest BCUT2D eigenvalue weighted by Gasteiger charge is -2.27. The van der Waals surface area contributed by atoms with Crippen molar-refractivity contribution in [3.63, 3.8) is 0 Å². The number of unbranched alkanes of at least 4 members (excludes halogenated alkanes) is 1. The topological polar surface area (TPSA) is 9.23 Å². The Hall–Kier alpha value is -1.97. The van der Waals surface area contributed by atoms with Crippen molar-refractivity contribution in [2.45, 2.75) is 58.3 Å². The molecule has 27 heavy (non-hydrogen) atoms. The Labute approximate surface area is 159 Å². The third-order valence-electron chi connectivity index (χ3n) is 5.49. The quantitative estimate of drug-likeness (QED) is 0.481. The summed E-state index contributed by atoms with van der Waals surface area (Å²) in [6, 6.07) is 4.71. The lowest BCUT2D eigenvalue weighted by atomic mass is 9.78. The van der Waals surface area contributed by atoms with Crippen molar-refractivity contribution >= 4 is 10.8 Å². The maximum absolute atomic E-state index is 14.8. The van der Waals surface area contributed by atoms with Gasteiger partial charge in [0, 0.05) is 0 Å². The Morgan fingerprint density at radius 3 is 2.41 bits per heavy atom. The van der Waals surface area contributed by atoms with Crippen LogP contribution in [0, 0.1) is 23.4 Å². The summed E-state index contributed by atoms with van der Waals surface area (Å²) in [6.45, 7) is 4.14. The van der Waals surface area contributed by atoms with Crippen molar-refractivity contribution in [2.24, 2.45) is 5.92 Å². The summed E-state index contributed by atoms with van der Waals surface area (Å²) in [5, 5.41) is 0.0632. The van der Waals surface area contributed by atoms with E-state index in [0.29, 0.717) is 16.9 Å². The van der Waals surface area contributed by atoms with Gasteiger partial charge in [-0.05, 0) is 73.9 Å². The molecule has 0 amide bonds. The second kappa shape index (κ2) is 8.81. The molecule has 0 bridgehead atoms. The van der Waals surface area contributed by atoms with Gasteiger partial charge in [0.15, 0.2) is 23.2 Å². The SMILES string of the molecule is CCC/C=C/C1CCC(c2cc3ccc(OCC)c(F)c3c(F)c2F)CC1. The number of benzene rings is 2. The molecule has 1 saturated carbocycles. The van der Waals surface area contributed by atoms with Crippen molar-refractivity contribution in [1.29, 1.82) is 0 Å². The molecule has 0 saturated heterocycles. The van der Waals surface area contributed by atoms with Crippen LogP contribution in [0.5, 0.6) is 5.75 Å². The normalized spacial score (nSPS) is 20.5. The van der Waals surface area contributed by atoms with Crippen LogP contribution >= 0.6 is 0 Å². The van der Waals surface area contributed by atoms with E-state index >= 15 is 0 Å². The number of fused-ring (bicyclic) bond motifs is 1. The second-order valence-electron chi connectivity index (χ2n) is 7.33. The molecule has 0 aliphatic heterocycles. The highest BCUT2D eigenvalue weighted by Crippen LogP contribution is 2.40. The molecule has 3 rings (SSSR count). The van der Waals surface area contributed by atoms with Gasteiger partial charge in [-0.25, -0.2) is 13.2 Å². The van der Waals surface area contributed by atoms with E-state index in [2.05, 4.69) is 19.1 Å². The molecule has 1 aliphatic carbocycles. The largest absolute Gasteiger partial charge is 0.491 e. The first-order valence-electron chi connectivity index (χ1n) is 9.96. The molecule has 1 fully saturated rings. The number of hydrogen-bond donors (Lipinski definition) is 0. The zero-order valence-electron chi connectivity index (χ0n) is 16.0. The van der Waals surface area contributed by atoms with E-state index in [1.165, 1.54) is 6.07 Å². The number of hydrogen-bond acceptors (Lipinski definition) is 1. The fourth-order valence-corrected chi connectivity index (χ4v) is 4.02. The predicted octanol–water partition coefficient (Wildman–Crippen LogP) is 7.29. The lowest BCUT2D eigenvalue weighted by Crippen LogP contribution is -2.14. The molecule has 1 aliphatic rings. The van der Waals surface area contributed by atoms with E-state index < -0.39 is 17.5 Å². The van der Waals surface area contributed by atoms with Crippen molar-refractivity contribution in [2.75, 3.05) is 6.61 Å². The molecule has 0 radical (unpaired) electrons. The van der Waals surface area contributed by atoms with Gasteiger partial charge in [0.05, 0.1) is 12.0 Å². The van der Waals surface area contributed by atoms with E-state index in [0.717, 1.165) is 38.5 Å². The van der Waals surface area contributed by atoms with Crippen LogP contribution in [0.2, 0.25) is 0 Å². The molecule has 0 aromatic heterocycles. The first-order chi connectivity index (χ1) is 13.1. The van der Waals surface area contributed by atoms with Crippen LogP contribution in [0.4, 0.5) is 13.2 Å². The van der Waals surface area contributed by atoms with Crippen molar-refractivity contribution in [3.8, 4) is 5.75 Å². The summed E-state index contributed by atoms with van der Waals surface area (Å²) < 4.78 is 49.2. The van der Waals surface area contributed by atoms with Crippen LogP contribution in [0.3, 0.4) is 0 Å². The molecule has 2 aromatic carbocycles. The molecule has 0 heterocycles. The first-order valence-corrected chi connectivity index (χ1v) is 9.96. The summed E-state index contributed by atoms with van der Waals surface area (Å²) in [7, 11) is 0. The number of ether oxygens (including phenoxy) is 1. The smallest absolute Gasteiger partial charge is 0.175 e. The average molecular weight is 376 g/mol. The highest BCUT2D eigenvalue weighted by Gasteiger charge is 2.27. The minimum atomic E-state index is -1.11. The summed E-state index contributed by atoms with van der Waals surface area (Å²) in [4.78, 5) is 0. The van der Waals surface area contributed by atoms with Crippen molar-refractivity contribution in [3.05, 3.63) is 53.4 Å². The lowest BCUT2D eigenvalue weighted by molar-refractivity contribution is 0.322. The number of allylic oxidation sites excluding steroid dienone is 2. The third-order valence-corrected chi connectivity index (χ3v) is 5.49. The molecule has 1 nitrogen and oxygen atoms in total. The van der Waals surface area contributed by atoms with E-state index in [1.807, 2.05) is 0 Å². The fraction of sp³-hybridized carbons (Fsp3) is 0.478. The van der Waals surface area contributed by atoms with Crippen molar-refractivity contribution in [1.82, 2.24) is 0 Å². The van der Waals surface area contributed by atoms with Gasteiger partial charge in [0.2, 0.25) is 0 Å². The van der Waals surface area contributed by atoms with Crippen LogP contribution < -0.4 is 4.74 Å². The van der Waals surface area contributed by atoms with E-state index in [4.69, 9.17) is 4.74 Å². The Morgan fingerprint density at radius 2 is 1.74 bits per heavy atom. The maximum atomic E-state index is 14.8. The Bertz CT molecular complexity index is 820. The van der Waals surface area contributed by atoms with Gasteiger partial charge in [-0.1, -0.05) is 31.6 Å². The Balaban J connectivity index is 1.86. The van der Waals surface area contributed by atoms with Gasteiger partial charge in [-0.2, -0.15) is 0 Å². The Kier molecular flexibility index (Phi) is 6.46. The molecular weight excluding hydrogens is 349 g/mol. The molecule has 0 atom stereocenters. The third kappa shape index (κ3) is 4.15. The van der Waals surface area contributed by atoms with Crippen molar-refractivity contribution < 1.29 is 17.9 Å². The van der Waals surface area contributed by atoms with Gasteiger partial charge in [0.1, 0.15) is 0 Å². The van der Waals surface area contributed by atoms with E-state index in [1.54, 1.807) is 19.1 Å². The molecule has 146 valence electrons. The molecular formula is C23H27F3O. The summed E-state index contributed by atoms with van der Waals surface area (Å²) >= 11 is 0. The highest BCUT2D eigenvalue weighted by molar-refractivity contribution is 5.86. The first kappa shape index (κ1) is 19.8. The number of rotatable bonds is 6. The van der Waals surface area contributed by atoms with Crippen LogP contribution in [0.1, 0.15) is 63.9 Å². The molecule has 4 heteroatoms. The van der Waals surface area contributed by atoms with Gasteiger partial charge in [-0.15, -0.1) is 0 Å². The maximum Gasteiger partial charge on any atom is 0.175 e. The van der Waals surface area contributed by atoms with Gasteiger partial charge < -0.3 is 4.74 Å². The van der Waals surface area contributed by atoms with Gasteiger partial charge >= 0.3 is 0 Å². The monoisotopic (exact) mass is 376 g/mol. The fourth-order valence-electron chi connectivity index (χ4n) is 4.02. The number of halogens is 3. The average Bonchev–Trinajstić information content (AvgIpc) is 2.67. The summed E-state index contributed by atoms with van der Waals surface area (Å²) in [5.41, 5.74) is 0.375. The standard InChI is InChI=1S/C23H27F3O/c1-3-5-6-7-15-8-10-16(11-9-15)18-14-17-12-13-19(27-4-2)22(25)20(17)23(26)21(18)24/h6-7,12-16H,3-5,8-11H2,1-2H3/b7-6+. The molecule has 0 unspecified atom stereocenters. The molecule has 2 aromatic rings. The second-order valence-corrected chi connectivity index (χ2v) is 7.33. The molecule has 0 N–H and O–H groups in total. The summed E-state index contributed by atoms with van der Waals surface area (Å²) in [5.74, 6) is -2.40. The Morgan fingerprint density at radius 1 is 1.00 bits per heavy atom. The van der Waals surface area contributed by atoms with E-state index in [9.17, 15) is 13.2 Å². The highest BCUT2D eigenvalue weighted by atomic mass is 19.2. The minimum absolute atomic E-state index is 0.0191. The zero-order chi connectivity index (χ0) is 19.4. The van der Waals surface area contributed by atoms with Crippen LogP contribution in [-0.4, -0.2) is 6.61 Å². The zero-order valence-corrected chi connectivity index (χ0v) is 16.0. The van der Waals surface area contributed by atoms with Gasteiger partial charge in [-0.3, -0.25) is 0 Å². The van der Waals surface area contributed by atoms with Crippen LogP contribution in [0.25, 0.3) is 10.8 Å². The van der Waals surface area contributed by atoms with Crippen LogP contribution in [0.15, 0.2) is 30.4 Å². The molecule has 0 spiro atoms. The summed E-state index contributed by atoms with van der Waals surface area (Å²) in [6.07, 6.45) is 10.3. The van der Waals surface area contributed by atoms with Crippen LogP contribution in [-0.2, 0) is 0 Å². The predicted molar refractivity (Wildman–Crippen MR) is 104 cm³/mol.